The smallest absolute Gasteiger partial charge is 0.472 e. The SMILES string of the molecule is CC/C=C\C/C=C\C/C=C\C/C=C\CCCCC(=O)OC(COC(=O)CCCCCCCCCCCCCCC)COP(=O)(O)OCC(N)C(=O)O. The van der Waals surface area contributed by atoms with Gasteiger partial charge in [-0.15, -0.1) is 0 Å². The van der Waals surface area contributed by atoms with Gasteiger partial charge in [0.05, 0.1) is 13.2 Å². The molecule has 11 nitrogen and oxygen atoms in total. The number of hydrogen-bond donors (Lipinski definition) is 3. The van der Waals surface area contributed by atoms with Crippen molar-refractivity contribution < 1.29 is 47.5 Å². The first-order valence-electron chi connectivity index (χ1n) is 19.7. The maximum Gasteiger partial charge on any atom is 0.472 e. The van der Waals surface area contributed by atoms with Gasteiger partial charge >= 0.3 is 25.7 Å². The van der Waals surface area contributed by atoms with Crippen LogP contribution in [0, 0.1) is 0 Å². The summed E-state index contributed by atoms with van der Waals surface area (Å²) in [5.41, 5.74) is 5.31. The zero-order valence-electron chi connectivity index (χ0n) is 32.1. The molecule has 0 spiro atoms. The molecule has 0 fully saturated rings. The third-order valence-electron chi connectivity index (χ3n) is 8.09. The van der Waals surface area contributed by atoms with E-state index in [1.54, 1.807) is 0 Å². The molecule has 300 valence electrons. The summed E-state index contributed by atoms with van der Waals surface area (Å²) in [5.74, 6) is -2.44. The molecule has 0 aromatic heterocycles. The number of rotatable bonds is 36. The molecule has 0 amide bonds. The van der Waals surface area contributed by atoms with Crippen LogP contribution >= 0.6 is 7.82 Å². The van der Waals surface area contributed by atoms with E-state index in [0.29, 0.717) is 12.8 Å². The molecule has 0 bridgehead atoms. The Morgan fingerprint density at radius 2 is 1.08 bits per heavy atom. The van der Waals surface area contributed by atoms with E-state index in [1.807, 2.05) is 0 Å². The first-order valence-corrected chi connectivity index (χ1v) is 21.2. The van der Waals surface area contributed by atoms with Crippen LogP contribution < -0.4 is 5.73 Å². The van der Waals surface area contributed by atoms with Gasteiger partial charge in [0.15, 0.2) is 6.10 Å². The topological polar surface area (TPSA) is 172 Å². The van der Waals surface area contributed by atoms with Crippen molar-refractivity contribution in [2.24, 2.45) is 5.73 Å². The molecule has 0 aromatic rings. The molecule has 0 saturated carbocycles. The lowest BCUT2D eigenvalue weighted by Crippen LogP contribution is -2.34. The molecule has 0 aliphatic carbocycles. The maximum atomic E-state index is 12.6. The number of carboxylic acids is 1. The van der Waals surface area contributed by atoms with Crippen molar-refractivity contribution in [2.45, 2.75) is 167 Å². The van der Waals surface area contributed by atoms with E-state index in [1.165, 1.54) is 57.8 Å². The summed E-state index contributed by atoms with van der Waals surface area (Å²) in [4.78, 5) is 45.8. The molecule has 0 aromatic carbocycles. The lowest BCUT2D eigenvalue weighted by Gasteiger charge is -2.20. The predicted octanol–water partition coefficient (Wildman–Crippen LogP) is 9.83. The van der Waals surface area contributed by atoms with E-state index < -0.39 is 51.1 Å². The van der Waals surface area contributed by atoms with Crippen molar-refractivity contribution in [3.63, 3.8) is 0 Å². The molecular formula is C40H70NO10P. The van der Waals surface area contributed by atoms with Crippen molar-refractivity contribution in [3.8, 4) is 0 Å². The van der Waals surface area contributed by atoms with Gasteiger partial charge in [0.1, 0.15) is 12.6 Å². The van der Waals surface area contributed by atoms with Crippen LogP contribution in [0.5, 0.6) is 0 Å². The summed E-state index contributed by atoms with van der Waals surface area (Å²) in [6.45, 7) is 2.62. The van der Waals surface area contributed by atoms with Crippen LogP contribution in [0.25, 0.3) is 0 Å². The number of carbonyl (C=O) groups is 3. The molecule has 3 atom stereocenters. The quantitative estimate of drug-likeness (QED) is 0.0241. The fourth-order valence-electron chi connectivity index (χ4n) is 5.00. The number of allylic oxidation sites excluding steroid dienone is 8. The highest BCUT2D eigenvalue weighted by Crippen LogP contribution is 2.43. The fourth-order valence-corrected chi connectivity index (χ4v) is 5.77. The molecule has 0 aliphatic heterocycles. The summed E-state index contributed by atoms with van der Waals surface area (Å²) in [5, 5.41) is 8.86. The van der Waals surface area contributed by atoms with Gasteiger partial charge in [-0.1, -0.05) is 140 Å². The highest BCUT2D eigenvalue weighted by Gasteiger charge is 2.28. The number of carboxylic acid groups (broad SMARTS) is 1. The first-order chi connectivity index (χ1) is 25.1. The minimum absolute atomic E-state index is 0.109. The second-order valence-electron chi connectivity index (χ2n) is 13.0. The molecule has 0 rings (SSSR count). The van der Waals surface area contributed by atoms with E-state index in [0.717, 1.165) is 57.8 Å². The lowest BCUT2D eigenvalue weighted by atomic mass is 10.0. The molecule has 12 heteroatoms. The van der Waals surface area contributed by atoms with Crippen LogP contribution in [0.1, 0.15) is 155 Å². The Morgan fingerprint density at radius 1 is 0.615 bits per heavy atom. The highest BCUT2D eigenvalue weighted by molar-refractivity contribution is 7.47. The van der Waals surface area contributed by atoms with Crippen molar-refractivity contribution in [2.75, 3.05) is 19.8 Å². The minimum atomic E-state index is -4.72. The summed E-state index contributed by atoms with van der Waals surface area (Å²) in [7, 11) is -4.72. The van der Waals surface area contributed by atoms with E-state index in [4.69, 9.17) is 24.8 Å². The Hall–Kier alpha value is -2.56. The van der Waals surface area contributed by atoms with Crippen molar-refractivity contribution in [3.05, 3.63) is 48.6 Å². The number of esters is 2. The molecule has 4 N–H and O–H groups in total. The largest absolute Gasteiger partial charge is 0.480 e. The molecule has 0 radical (unpaired) electrons. The number of phosphoric ester groups is 1. The summed E-state index contributed by atoms with van der Waals surface area (Å²) >= 11 is 0. The molecule has 0 aliphatic rings. The Balaban J connectivity index is 4.50. The minimum Gasteiger partial charge on any atom is -0.480 e. The number of unbranched alkanes of at least 4 members (excludes halogenated alkanes) is 14. The van der Waals surface area contributed by atoms with Gasteiger partial charge in [-0.2, -0.15) is 0 Å². The fraction of sp³-hybridized carbons (Fsp3) is 0.725. The van der Waals surface area contributed by atoms with Gasteiger partial charge in [0.2, 0.25) is 0 Å². The zero-order valence-corrected chi connectivity index (χ0v) is 33.0. The Kier molecular flexibility index (Phi) is 33.7. The maximum absolute atomic E-state index is 12.6. The molecular weight excluding hydrogens is 685 g/mol. The summed E-state index contributed by atoms with van der Waals surface area (Å²) < 4.78 is 32.5. The van der Waals surface area contributed by atoms with Gasteiger partial charge in [0.25, 0.3) is 0 Å². The van der Waals surface area contributed by atoms with Crippen molar-refractivity contribution in [1.82, 2.24) is 0 Å². The molecule has 52 heavy (non-hydrogen) atoms. The number of nitrogens with two attached hydrogens (primary N) is 1. The normalized spacial score (nSPS) is 14.4. The van der Waals surface area contributed by atoms with E-state index >= 15 is 0 Å². The Morgan fingerprint density at radius 3 is 1.62 bits per heavy atom. The predicted molar refractivity (Wildman–Crippen MR) is 208 cm³/mol. The standard InChI is InChI=1S/C40H70NO10P/c1-3-5-7-9-11-13-15-17-18-20-22-24-26-28-30-32-39(43)51-36(34-49-52(46,47)50-35-37(41)40(44)45)33-48-38(42)31-29-27-25-23-21-19-16-14-12-10-8-6-4-2/h5,7,11,13,17-18,22,24,36-37H,3-4,6,8-10,12,14-16,19-21,23,25-35,41H2,1-2H3,(H,44,45)(H,46,47)/b7-5-,13-11-,18-17-,24-22-. The van der Waals surface area contributed by atoms with Gasteiger partial charge in [-0.05, 0) is 51.4 Å². The number of ether oxygens (including phenoxy) is 2. The molecule has 0 saturated heterocycles. The number of phosphoric acid groups is 1. The van der Waals surface area contributed by atoms with Crippen LogP contribution in [-0.4, -0.2) is 59.9 Å². The Bertz CT molecular complexity index is 1070. The van der Waals surface area contributed by atoms with Crippen molar-refractivity contribution >= 4 is 25.7 Å². The first kappa shape index (κ1) is 49.4. The van der Waals surface area contributed by atoms with Crippen LogP contribution in [-0.2, 0) is 37.5 Å². The van der Waals surface area contributed by atoms with Crippen LogP contribution in [0.3, 0.4) is 0 Å². The summed E-state index contributed by atoms with van der Waals surface area (Å²) in [6, 6.07) is -1.53. The number of hydrogen-bond acceptors (Lipinski definition) is 9. The zero-order chi connectivity index (χ0) is 38.5. The van der Waals surface area contributed by atoms with Crippen LogP contribution in [0.4, 0.5) is 0 Å². The number of aliphatic carboxylic acids is 1. The average Bonchev–Trinajstić information content (AvgIpc) is 3.12. The molecule has 3 unspecified atom stereocenters. The monoisotopic (exact) mass is 755 g/mol. The van der Waals surface area contributed by atoms with Crippen LogP contribution in [0.15, 0.2) is 48.6 Å². The van der Waals surface area contributed by atoms with E-state index in [2.05, 4.69) is 67.0 Å². The summed E-state index contributed by atoms with van der Waals surface area (Å²) in [6.07, 6.45) is 37.6. The lowest BCUT2D eigenvalue weighted by molar-refractivity contribution is -0.161. The van der Waals surface area contributed by atoms with E-state index in [9.17, 15) is 23.8 Å². The van der Waals surface area contributed by atoms with Crippen molar-refractivity contribution in [1.29, 1.82) is 0 Å². The van der Waals surface area contributed by atoms with E-state index in [-0.39, 0.29) is 19.4 Å². The van der Waals surface area contributed by atoms with Gasteiger partial charge in [0, 0.05) is 12.8 Å². The number of carbonyl (C=O) groups excluding carboxylic acids is 2. The Labute approximate surface area is 314 Å². The van der Waals surface area contributed by atoms with Crippen LogP contribution in [0.2, 0.25) is 0 Å². The second kappa shape index (κ2) is 35.5. The van der Waals surface area contributed by atoms with Gasteiger partial charge in [-0.25, -0.2) is 4.57 Å². The third kappa shape index (κ3) is 34.5. The second-order valence-corrected chi connectivity index (χ2v) is 14.5. The van der Waals surface area contributed by atoms with Gasteiger partial charge in [-0.3, -0.25) is 23.4 Å². The highest BCUT2D eigenvalue weighted by atomic mass is 31.2. The average molecular weight is 756 g/mol. The third-order valence-corrected chi connectivity index (χ3v) is 9.04. The van der Waals surface area contributed by atoms with Gasteiger partial charge < -0.3 is 25.2 Å². The molecule has 0 heterocycles.